The normalized spacial score (nSPS) is 12.3. The minimum absolute atomic E-state index is 0.0679. The Morgan fingerprint density at radius 1 is 1.33 bits per heavy atom. The van der Waals surface area contributed by atoms with Crippen LogP contribution in [0.4, 0.5) is 5.69 Å². The SMILES string of the molecule is CCOC(=S)SC(CCC(=O)CCl)CN(c1ccc(OC)cc1)S(C)(=O)=O. The number of carbonyl (C=O) groups excluding carboxylic acids is 1. The van der Waals surface area contributed by atoms with Crippen molar-refractivity contribution in [2.45, 2.75) is 25.0 Å². The van der Waals surface area contributed by atoms with Gasteiger partial charge in [0.2, 0.25) is 14.4 Å². The van der Waals surface area contributed by atoms with E-state index in [0.717, 1.165) is 6.26 Å². The monoisotopic (exact) mass is 453 g/mol. The molecule has 0 bridgehead atoms. The van der Waals surface area contributed by atoms with Gasteiger partial charge in [-0.3, -0.25) is 9.10 Å². The van der Waals surface area contributed by atoms with Crippen LogP contribution in [0, 0.1) is 0 Å². The van der Waals surface area contributed by atoms with Gasteiger partial charge in [-0.1, -0.05) is 11.8 Å². The molecule has 0 aliphatic rings. The maximum absolute atomic E-state index is 12.4. The summed E-state index contributed by atoms with van der Waals surface area (Å²) in [5, 5.41) is -0.256. The summed E-state index contributed by atoms with van der Waals surface area (Å²) >= 11 is 12.0. The van der Waals surface area contributed by atoms with E-state index >= 15 is 0 Å². The lowest BCUT2D eigenvalue weighted by molar-refractivity contribution is -0.116. The molecule has 0 saturated heterocycles. The van der Waals surface area contributed by atoms with Crippen molar-refractivity contribution in [2.24, 2.45) is 0 Å². The third-order valence-corrected chi connectivity index (χ3v) is 6.44. The van der Waals surface area contributed by atoms with Crippen LogP contribution in [0.15, 0.2) is 24.3 Å². The standard InChI is InChI=1S/C17H24ClNO5S3/c1-4-24-17(25)26-16(10-7-14(20)11-18)12-19(27(3,21)22)13-5-8-15(23-2)9-6-13/h5-6,8-9,16H,4,7,10-12H2,1-3H3. The third-order valence-electron chi connectivity index (χ3n) is 3.55. The van der Waals surface area contributed by atoms with Gasteiger partial charge < -0.3 is 9.47 Å². The second-order valence-electron chi connectivity index (χ2n) is 5.63. The van der Waals surface area contributed by atoms with E-state index in [-0.39, 0.29) is 29.9 Å². The van der Waals surface area contributed by atoms with E-state index in [1.54, 1.807) is 31.4 Å². The number of halogens is 1. The Kier molecular flexibility index (Phi) is 10.4. The lowest BCUT2D eigenvalue weighted by Gasteiger charge is -2.27. The molecule has 0 saturated carbocycles. The van der Waals surface area contributed by atoms with Gasteiger partial charge in [0.15, 0.2) is 0 Å². The van der Waals surface area contributed by atoms with Crippen molar-refractivity contribution in [3.63, 3.8) is 0 Å². The summed E-state index contributed by atoms with van der Waals surface area (Å²) < 4.78 is 36.8. The summed E-state index contributed by atoms with van der Waals surface area (Å²) in [4.78, 5) is 11.6. The van der Waals surface area contributed by atoms with Crippen LogP contribution in [-0.4, -0.2) is 56.2 Å². The molecule has 1 aromatic carbocycles. The first-order valence-corrected chi connectivity index (χ1v) is 11.9. The van der Waals surface area contributed by atoms with E-state index in [1.165, 1.54) is 16.1 Å². The number of nitrogens with zero attached hydrogens (tertiary/aromatic N) is 1. The molecule has 6 nitrogen and oxygen atoms in total. The molecule has 0 heterocycles. The van der Waals surface area contributed by atoms with Crippen LogP contribution in [0.5, 0.6) is 5.75 Å². The summed E-state index contributed by atoms with van der Waals surface area (Å²) in [7, 11) is -2.00. The molecular formula is C17H24ClNO5S3. The molecule has 1 rings (SSSR count). The van der Waals surface area contributed by atoms with Crippen molar-refractivity contribution in [1.82, 2.24) is 0 Å². The zero-order chi connectivity index (χ0) is 20.4. The van der Waals surface area contributed by atoms with Crippen LogP contribution in [0.1, 0.15) is 19.8 Å². The number of sulfonamides is 1. The van der Waals surface area contributed by atoms with Gasteiger partial charge in [0.1, 0.15) is 11.5 Å². The molecular weight excluding hydrogens is 430 g/mol. The van der Waals surface area contributed by atoms with Gasteiger partial charge in [0.05, 0.1) is 31.5 Å². The van der Waals surface area contributed by atoms with E-state index in [1.807, 2.05) is 6.92 Å². The van der Waals surface area contributed by atoms with Crippen LogP contribution in [0.25, 0.3) is 0 Å². The highest BCUT2D eigenvalue weighted by molar-refractivity contribution is 8.23. The number of benzene rings is 1. The summed E-state index contributed by atoms with van der Waals surface area (Å²) in [6.45, 7) is 2.39. The highest BCUT2D eigenvalue weighted by atomic mass is 35.5. The smallest absolute Gasteiger partial charge is 0.232 e. The van der Waals surface area contributed by atoms with Gasteiger partial charge in [-0.2, -0.15) is 0 Å². The molecule has 0 radical (unpaired) electrons. The number of ether oxygens (including phenoxy) is 2. The van der Waals surface area contributed by atoms with Crippen LogP contribution in [-0.2, 0) is 19.6 Å². The topological polar surface area (TPSA) is 72.9 Å². The Labute approximate surface area is 175 Å². The molecule has 0 N–H and O–H groups in total. The molecule has 152 valence electrons. The minimum Gasteiger partial charge on any atom is -0.497 e. The van der Waals surface area contributed by atoms with E-state index in [9.17, 15) is 13.2 Å². The average molecular weight is 454 g/mol. The van der Waals surface area contributed by atoms with Crippen LogP contribution >= 0.6 is 35.6 Å². The van der Waals surface area contributed by atoms with Crippen LogP contribution in [0.3, 0.4) is 0 Å². The first-order chi connectivity index (χ1) is 12.7. The summed E-state index contributed by atoms with van der Waals surface area (Å²) in [6, 6.07) is 6.73. The second-order valence-corrected chi connectivity index (χ2v) is 9.70. The number of thiocarbonyl (C=S) groups is 1. The zero-order valence-corrected chi connectivity index (χ0v) is 18.7. The van der Waals surface area contributed by atoms with Gasteiger partial charge in [0.25, 0.3) is 0 Å². The Balaban J connectivity index is 3.04. The fourth-order valence-corrected chi connectivity index (χ4v) is 4.86. The fraction of sp³-hybridized carbons (Fsp3) is 0.529. The first-order valence-electron chi connectivity index (χ1n) is 8.24. The second kappa shape index (κ2) is 11.7. The molecule has 0 aliphatic carbocycles. The van der Waals surface area contributed by atoms with Gasteiger partial charge >= 0.3 is 0 Å². The first kappa shape index (κ1) is 24.0. The molecule has 0 spiro atoms. The summed E-state index contributed by atoms with van der Waals surface area (Å²) in [5.74, 6) is 0.463. The highest BCUT2D eigenvalue weighted by Gasteiger charge is 2.24. The molecule has 0 aromatic heterocycles. The Morgan fingerprint density at radius 2 is 1.96 bits per heavy atom. The Hall–Kier alpha value is -1.03. The number of anilines is 1. The number of Topliss-reactive ketones (excluding diaryl/α,β-unsaturated/α-hetero) is 1. The quantitative estimate of drug-likeness (QED) is 0.375. The highest BCUT2D eigenvalue weighted by Crippen LogP contribution is 2.27. The lowest BCUT2D eigenvalue weighted by Crippen LogP contribution is -2.36. The summed E-state index contributed by atoms with van der Waals surface area (Å²) in [6.07, 6.45) is 1.82. The number of rotatable bonds is 11. The minimum atomic E-state index is -3.54. The molecule has 1 atom stereocenters. The predicted molar refractivity (Wildman–Crippen MR) is 116 cm³/mol. The van der Waals surface area contributed by atoms with E-state index in [0.29, 0.717) is 28.8 Å². The summed E-state index contributed by atoms with van der Waals surface area (Å²) in [5.41, 5.74) is 0.509. The van der Waals surface area contributed by atoms with E-state index < -0.39 is 10.0 Å². The average Bonchev–Trinajstić information content (AvgIpc) is 2.62. The van der Waals surface area contributed by atoms with Crippen LogP contribution in [0.2, 0.25) is 0 Å². The maximum Gasteiger partial charge on any atom is 0.232 e. The Morgan fingerprint density at radius 3 is 2.44 bits per heavy atom. The largest absolute Gasteiger partial charge is 0.497 e. The van der Waals surface area contributed by atoms with E-state index in [4.69, 9.17) is 33.3 Å². The van der Waals surface area contributed by atoms with Gasteiger partial charge in [-0.25, -0.2) is 8.42 Å². The number of carbonyl (C=O) groups is 1. The van der Waals surface area contributed by atoms with Crippen LogP contribution < -0.4 is 9.04 Å². The van der Waals surface area contributed by atoms with Gasteiger partial charge in [-0.05, 0) is 49.8 Å². The molecule has 0 aliphatic heterocycles. The van der Waals surface area contributed by atoms with E-state index in [2.05, 4.69) is 0 Å². The predicted octanol–water partition coefficient (Wildman–Crippen LogP) is 3.47. The van der Waals surface area contributed by atoms with Crippen molar-refractivity contribution >= 4 is 61.5 Å². The number of thioether (sulfide) groups is 1. The molecule has 27 heavy (non-hydrogen) atoms. The fourth-order valence-electron chi connectivity index (χ4n) is 2.23. The van der Waals surface area contributed by atoms with Crippen molar-refractivity contribution in [3.8, 4) is 5.75 Å². The number of alkyl halides is 1. The third kappa shape index (κ3) is 8.68. The number of methoxy groups -OCH3 is 1. The van der Waals surface area contributed by atoms with Gasteiger partial charge in [0, 0.05) is 18.2 Å². The zero-order valence-electron chi connectivity index (χ0n) is 15.5. The van der Waals surface area contributed by atoms with Crippen molar-refractivity contribution in [2.75, 3.05) is 36.7 Å². The van der Waals surface area contributed by atoms with Gasteiger partial charge in [-0.15, -0.1) is 11.6 Å². The lowest BCUT2D eigenvalue weighted by atomic mass is 10.2. The Bertz CT molecular complexity index is 725. The molecule has 1 unspecified atom stereocenters. The number of hydrogen-bond donors (Lipinski definition) is 0. The molecule has 0 fully saturated rings. The number of hydrogen-bond acceptors (Lipinski definition) is 7. The van der Waals surface area contributed by atoms with Crippen molar-refractivity contribution in [1.29, 1.82) is 0 Å². The van der Waals surface area contributed by atoms with Crippen molar-refractivity contribution in [3.05, 3.63) is 24.3 Å². The molecule has 10 heteroatoms. The van der Waals surface area contributed by atoms with Crippen molar-refractivity contribution < 1.29 is 22.7 Å². The number of ketones is 1. The molecule has 1 aromatic rings. The maximum atomic E-state index is 12.4. The molecule has 0 amide bonds.